The van der Waals surface area contributed by atoms with E-state index >= 15 is 0 Å². The van der Waals surface area contributed by atoms with Crippen LogP contribution in [0.2, 0.25) is 0 Å². The Morgan fingerprint density at radius 1 is 0.917 bits per heavy atom. The van der Waals surface area contributed by atoms with Crippen molar-refractivity contribution in [2.45, 2.75) is 44.7 Å². The van der Waals surface area contributed by atoms with E-state index in [2.05, 4.69) is 23.5 Å². The van der Waals surface area contributed by atoms with Gasteiger partial charge in [0.15, 0.2) is 0 Å². The van der Waals surface area contributed by atoms with Crippen molar-refractivity contribution in [1.82, 2.24) is 15.1 Å². The van der Waals surface area contributed by atoms with Gasteiger partial charge in [0.2, 0.25) is 5.91 Å². The van der Waals surface area contributed by atoms with Gasteiger partial charge in [0.25, 0.3) is 0 Å². The van der Waals surface area contributed by atoms with Gasteiger partial charge in [-0.3, -0.25) is 4.79 Å². The molecule has 3 amide bonds. The molecule has 24 heavy (non-hydrogen) atoms. The highest BCUT2D eigenvalue weighted by atomic mass is 16.2. The van der Waals surface area contributed by atoms with Gasteiger partial charge in [0.1, 0.15) is 0 Å². The second kappa shape index (κ2) is 6.46. The molecule has 2 fully saturated rings. The molecule has 0 atom stereocenters. The predicted octanol–water partition coefficient (Wildman–Crippen LogP) is 2.16. The molecule has 128 valence electrons. The lowest BCUT2D eigenvalue weighted by Crippen LogP contribution is -2.48. The van der Waals surface area contributed by atoms with E-state index < -0.39 is 0 Å². The highest BCUT2D eigenvalue weighted by Gasteiger charge is 2.33. The molecule has 0 aromatic heterocycles. The number of benzene rings is 1. The number of rotatable bonds is 2. The molecule has 2 aliphatic heterocycles. The molecule has 5 heteroatoms. The van der Waals surface area contributed by atoms with Crippen molar-refractivity contribution in [1.29, 1.82) is 0 Å². The van der Waals surface area contributed by atoms with Crippen LogP contribution in [0, 0.1) is 5.92 Å². The van der Waals surface area contributed by atoms with Crippen molar-refractivity contribution in [3.05, 3.63) is 35.4 Å². The summed E-state index contributed by atoms with van der Waals surface area (Å²) in [7, 11) is 0. The number of nitrogens with one attached hydrogen (secondary N) is 1. The van der Waals surface area contributed by atoms with Crippen LogP contribution in [-0.2, 0) is 17.8 Å². The van der Waals surface area contributed by atoms with Crippen LogP contribution in [0.15, 0.2) is 24.3 Å². The number of urea groups is 1. The maximum absolute atomic E-state index is 12.8. The van der Waals surface area contributed by atoms with Crippen molar-refractivity contribution in [3.63, 3.8) is 0 Å². The second-order valence-electron chi connectivity index (χ2n) is 7.26. The second-order valence-corrected chi connectivity index (χ2v) is 7.26. The van der Waals surface area contributed by atoms with Gasteiger partial charge in [0, 0.05) is 38.1 Å². The molecule has 1 aromatic carbocycles. The van der Waals surface area contributed by atoms with Crippen molar-refractivity contribution >= 4 is 11.9 Å². The largest absolute Gasteiger partial charge is 0.338 e. The maximum atomic E-state index is 12.8. The van der Waals surface area contributed by atoms with Gasteiger partial charge in [-0.1, -0.05) is 24.3 Å². The fourth-order valence-electron chi connectivity index (χ4n) is 3.77. The minimum Gasteiger partial charge on any atom is -0.338 e. The summed E-state index contributed by atoms with van der Waals surface area (Å²) in [5.41, 5.74) is 2.64. The fraction of sp³-hybridized carbons (Fsp3) is 0.579. The van der Waals surface area contributed by atoms with Gasteiger partial charge in [-0.15, -0.1) is 0 Å². The molecule has 1 saturated heterocycles. The molecule has 2 heterocycles. The normalized spacial score (nSPS) is 21.3. The zero-order chi connectivity index (χ0) is 16.5. The van der Waals surface area contributed by atoms with Crippen LogP contribution in [-0.4, -0.2) is 47.4 Å². The molecule has 1 aliphatic carbocycles. The molecule has 1 aromatic rings. The van der Waals surface area contributed by atoms with E-state index in [1.165, 1.54) is 11.1 Å². The van der Waals surface area contributed by atoms with Crippen LogP contribution in [0.25, 0.3) is 0 Å². The van der Waals surface area contributed by atoms with Crippen LogP contribution >= 0.6 is 0 Å². The van der Waals surface area contributed by atoms with Crippen molar-refractivity contribution in [2.75, 3.05) is 19.6 Å². The van der Waals surface area contributed by atoms with Crippen LogP contribution in [0.3, 0.4) is 0 Å². The van der Waals surface area contributed by atoms with E-state index in [1.54, 1.807) is 0 Å². The van der Waals surface area contributed by atoms with Gasteiger partial charge < -0.3 is 15.1 Å². The lowest BCUT2D eigenvalue weighted by atomic mass is 9.93. The van der Waals surface area contributed by atoms with E-state index in [0.29, 0.717) is 19.1 Å². The molecule has 1 saturated carbocycles. The van der Waals surface area contributed by atoms with E-state index in [1.807, 2.05) is 15.9 Å². The highest BCUT2D eigenvalue weighted by molar-refractivity contribution is 5.80. The van der Waals surface area contributed by atoms with Crippen LogP contribution < -0.4 is 5.32 Å². The molecule has 0 spiro atoms. The smallest absolute Gasteiger partial charge is 0.317 e. The third kappa shape index (κ3) is 3.25. The summed E-state index contributed by atoms with van der Waals surface area (Å²) in [5.74, 6) is 0.340. The summed E-state index contributed by atoms with van der Waals surface area (Å²) in [4.78, 5) is 28.8. The van der Waals surface area contributed by atoms with E-state index in [9.17, 15) is 9.59 Å². The predicted molar refractivity (Wildman–Crippen MR) is 91.4 cm³/mol. The number of amides is 3. The first-order valence-corrected chi connectivity index (χ1v) is 9.12. The van der Waals surface area contributed by atoms with Crippen LogP contribution in [0.4, 0.5) is 4.79 Å². The number of nitrogens with zero attached hydrogens (tertiary/aromatic N) is 2. The van der Waals surface area contributed by atoms with Crippen molar-refractivity contribution in [3.8, 4) is 0 Å². The summed E-state index contributed by atoms with van der Waals surface area (Å²) in [6.45, 7) is 2.94. The summed E-state index contributed by atoms with van der Waals surface area (Å²) in [5, 5.41) is 3.03. The minimum absolute atomic E-state index is 0.0512. The molecular weight excluding hydrogens is 302 g/mol. The molecule has 5 nitrogen and oxygen atoms in total. The summed E-state index contributed by atoms with van der Waals surface area (Å²) < 4.78 is 0. The SMILES string of the molecule is O=C(NC1CC1)N1CCC(C(=O)N2CCc3ccccc3C2)CC1. The monoisotopic (exact) mass is 327 g/mol. The van der Waals surface area contributed by atoms with Gasteiger partial charge >= 0.3 is 6.03 Å². The Morgan fingerprint density at radius 3 is 2.33 bits per heavy atom. The Morgan fingerprint density at radius 2 is 1.62 bits per heavy atom. The number of likely N-dealkylation sites (tertiary alicyclic amines) is 1. The quantitative estimate of drug-likeness (QED) is 0.905. The molecule has 0 unspecified atom stereocenters. The average molecular weight is 327 g/mol. The highest BCUT2D eigenvalue weighted by Crippen LogP contribution is 2.25. The van der Waals surface area contributed by atoms with E-state index in [4.69, 9.17) is 0 Å². The zero-order valence-electron chi connectivity index (χ0n) is 14.0. The third-order valence-electron chi connectivity index (χ3n) is 5.48. The molecule has 3 aliphatic rings. The Hall–Kier alpha value is -2.04. The van der Waals surface area contributed by atoms with Crippen molar-refractivity contribution in [2.24, 2.45) is 5.92 Å². The number of hydrogen-bond acceptors (Lipinski definition) is 2. The standard InChI is InChI=1S/C19H25N3O2/c23-18(22-12-7-14-3-1-2-4-16(14)13-22)15-8-10-21(11-9-15)19(24)20-17-5-6-17/h1-4,15,17H,5-13H2,(H,20,24). The summed E-state index contributed by atoms with van der Waals surface area (Å²) in [6, 6.07) is 8.84. The summed E-state index contributed by atoms with van der Waals surface area (Å²) in [6.07, 6.45) is 4.74. The van der Waals surface area contributed by atoms with Gasteiger partial charge in [-0.2, -0.15) is 0 Å². The number of piperidine rings is 1. The fourth-order valence-corrected chi connectivity index (χ4v) is 3.77. The topological polar surface area (TPSA) is 52.7 Å². The van der Waals surface area contributed by atoms with E-state index in [-0.39, 0.29) is 17.9 Å². The Kier molecular flexibility index (Phi) is 4.17. The van der Waals surface area contributed by atoms with Gasteiger partial charge in [-0.05, 0) is 43.2 Å². The molecule has 4 rings (SSSR count). The van der Waals surface area contributed by atoms with Gasteiger partial charge in [-0.25, -0.2) is 4.79 Å². The number of hydrogen-bond donors (Lipinski definition) is 1. The summed E-state index contributed by atoms with van der Waals surface area (Å²) >= 11 is 0. The molecule has 0 bridgehead atoms. The Bertz CT molecular complexity index is 633. The van der Waals surface area contributed by atoms with Crippen molar-refractivity contribution < 1.29 is 9.59 Å². The minimum atomic E-state index is 0.0512. The molecule has 1 N–H and O–H groups in total. The van der Waals surface area contributed by atoms with Crippen LogP contribution in [0.1, 0.15) is 36.8 Å². The molecular formula is C19H25N3O2. The first-order valence-electron chi connectivity index (χ1n) is 9.12. The zero-order valence-corrected chi connectivity index (χ0v) is 14.0. The van der Waals surface area contributed by atoms with Gasteiger partial charge in [0.05, 0.1) is 0 Å². The number of fused-ring (bicyclic) bond motifs is 1. The van der Waals surface area contributed by atoms with Crippen LogP contribution in [0.5, 0.6) is 0 Å². The van der Waals surface area contributed by atoms with E-state index in [0.717, 1.165) is 45.2 Å². The molecule has 0 radical (unpaired) electrons. The Balaban J connectivity index is 1.31. The first kappa shape index (κ1) is 15.5. The number of carbonyl (C=O) groups is 2. The lowest BCUT2D eigenvalue weighted by molar-refractivity contribution is -0.137. The average Bonchev–Trinajstić information content (AvgIpc) is 3.45. The Labute approximate surface area is 143 Å². The maximum Gasteiger partial charge on any atom is 0.317 e. The first-order chi connectivity index (χ1) is 11.7. The lowest BCUT2D eigenvalue weighted by Gasteiger charge is -2.36. The number of carbonyl (C=O) groups excluding carboxylic acids is 2. The third-order valence-corrected chi connectivity index (χ3v) is 5.48.